The van der Waals surface area contributed by atoms with Gasteiger partial charge in [-0.1, -0.05) is 32.0 Å². The average Bonchev–Trinajstić information content (AvgIpc) is 2.84. The maximum atomic E-state index is 12.8. The first-order valence-corrected chi connectivity index (χ1v) is 8.72. The minimum Gasteiger partial charge on any atom is -0.347 e. The van der Waals surface area contributed by atoms with E-state index in [2.05, 4.69) is 24.4 Å². The number of nitrogens with zero attached hydrogens (tertiary/aromatic N) is 3. The lowest BCUT2D eigenvalue weighted by atomic mass is 9.84. The molecule has 0 saturated carbocycles. The zero-order valence-electron chi connectivity index (χ0n) is 16.0. The fourth-order valence-electron chi connectivity index (χ4n) is 3.47. The number of halogens is 3. The third-order valence-corrected chi connectivity index (χ3v) is 4.95. The number of hydrazone groups is 1. The van der Waals surface area contributed by atoms with Crippen molar-refractivity contribution in [2.24, 2.45) is 5.10 Å². The number of hydrogen-bond donors (Lipinski definition) is 1. The Hall–Kier alpha value is -3.36. The number of nitro groups is 1. The van der Waals surface area contributed by atoms with E-state index < -0.39 is 22.4 Å². The van der Waals surface area contributed by atoms with E-state index in [1.165, 1.54) is 6.21 Å². The van der Waals surface area contributed by atoms with Crippen LogP contribution in [0.15, 0.2) is 59.3 Å². The van der Waals surface area contributed by atoms with Crippen LogP contribution in [-0.2, 0) is 11.6 Å². The highest BCUT2D eigenvalue weighted by Crippen LogP contribution is 2.46. The minimum atomic E-state index is -4.66. The van der Waals surface area contributed by atoms with Crippen molar-refractivity contribution in [3.8, 4) is 0 Å². The molecule has 2 aromatic carbocycles. The maximum Gasteiger partial charge on any atom is 0.416 e. The first kappa shape index (κ1) is 20.4. The highest BCUT2D eigenvalue weighted by molar-refractivity contribution is 5.80. The molecule has 0 amide bonds. The SMILES string of the molecule is CN1/C(=C\C=N/Nc2ccc(C(F)(F)F)cc2[N+](=O)[O-])C(C)(C)c2ccccc21. The first-order valence-electron chi connectivity index (χ1n) is 8.72. The van der Waals surface area contributed by atoms with Gasteiger partial charge in [-0.15, -0.1) is 0 Å². The Morgan fingerprint density at radius 1 is 1.21 bits per heavy atom. The normalized spacial score (nSPS) is 17.0. The number of nitro benzene ring substituents is 1. The molecule has 0 atom stereocenters. The van der Waals surface area contributed by atoms with Crippen molar-refractivity contribution in [1.29, 1.82) is 0 Å². The quantitative estimate of drug-likeness (QED) is 0.425. The molecule has 0 unspecified atom stereocenters. The summed E-state index contributed by atoms with van der Waals surface area (Å²) < 4.78 is 38.3. The Morgan fingerprint density at radius 3 is 2.52 bits per heavy atom. The lowest BCUT2D eigenvalue weighted by Gasteiger charge is -2.23. The lowest BCUT2D eigenvalue weighted by Crippen LogP contribution is -2.23. The standard InChI is InChI=1S/C20H19F3N4O2/c1-19(2)14-6-4-5-7-16(14)26(3)18(19)10-11-24-25-15-9-8-13(20(21,22)23)12-17(15)27(28)29/h4-12,25H,1-3H3/b18-10-,24-11-. The second-order valence-electron chi connectivity index (χ2n) is 7.13. The summed E-state index contributed by atoms with van der Waals surface area (Å²) in [5, 5.41) is 15.1. The van der Waals surface area contributed by atoms with Crippen LogP contribution in [-0.4, -0.2) is 18.2 Å². The molecule has 3 rings (SSSR count). The van der Waals surface area contributed by atoms with Crippen molar-refractivity contribution in [3.63, 3.8) is 0 Å². The molecule has 0 fully saturated rings. The summed E-state index contributed by atoms with van der Waals surface area (Å²) >= 11 is 0. The third-order valence-electron chi connectivity index (χ3n) is 4.95. The van der Waals surface area contributed by atoms with Gasteiger partial charge in [-0.2, -0.15) is 18.3 Å². The molecular formula is C20H19F3N4O2. The summed E-state index contributed by atoms with van der Waals surface area (Å²) in [6.45, 7) is 4.15. The molecule has 152 valence electrons. The zero-order valence-corrected chi connectivity index (χ0v) is 16.0. The molecule has 1 aliphatic rings. The van der Waals surface area contributed by atoms with Crippen molar-refractivity contribution < 1.29 is 18.1 Å². The lowest BCUT2D eigenvalue weighted by molar-refractivity contribution is -0.384. The molecule has 29 heavy (non-hydrogen) atoms. The number of fused-ring (bicyclic) bond motifs is 1. The van der Waals surface area contributed by atoms with Gasteiger partial charge in [-0.25, -0.2) is 0 Å². The molecule has 0 spiro atoms. The van der Waals surface area contributed by atoms with Gasteiger partial charge in [-0.3, -0.25) is 15.5 Å². The van der Waals surface area contributed by atoms with E-state index in [-0.39, 0.29) is 11.1 Å². The van der Waals surface area contributed by atoms with Crippen LogP contribution < -0.4 is 10.3 Å². The van der Waals surface area contributed by atoms with Crippen LogP contribution >= 0.6 is 0 Å². The van der Waals surface area contributed by atoms with Crippen LogP contribution in [0.3, 0.4) is 0 Å². The van der Waals surface area contributed by atoms with Crippen LogP contribution in [0.4, 0.5) is 30.2 Å². The Labute approximate surface area is 165 Å². The number of hydrogen-bond acceptors (Lipinski definition) is 5. The number of allylic oxidation sites excluding steroid dienone is 2. The highest BCUT2D eigenvalue weighted by Gasteiger charge is 2.37. The number of anilines is 2. The predicted octanol–water partition coefficient (Wildman–Crippen LogP) is 5.32. The number of para-hydroxylation sites is 1. The number of rotatable bonds is 4. The summed E-state index contributed by atoms with van der Waals surface area (Å²) in [5.41, 5.74) is 3.48. The molecule has 1 heterocycles. The van der Waals surface area contributed by atoms with Gasteiger partial charge in [0, 0.05) is 36.1 Å². The molecule has 0 aromatic heterocycles. The molecule has 0 saturated heterocycles. The van der Waals surface area contributed by atoms with Crippen LogP contribution in [0, 0.1) is 10.1 Å². The van der Waals surface area contributed by atoms with Gasteiger partial charge in [0.25, 0.3) is 5.69 Å². The molecule has 1 aliphatic heterocycles. The summed E-state index contributed by atoms with van der Waals surface area (Å²) in [5.74, 6) is 0. The highest BCUT2D eigenvalue weighted by atomic mass is 19.4. The van der Waals surface area contributed by atoms with Gasteiger partial charge in [0.15, 0.2) is 0 Å². The van der Waals surface area contributed by atoms with Gasteiger partial charge in [0.05, 0.1) is 10.5 Å². The van der Waals surface area contributed by atoms with Crippen molar-refractivity contribution in [3.05, 3.63) is 75.5 Å². The first-order chi connectivity index (χ1) is 13.5. The molecule has 2 aromatic rings. The predicted molar refractivity (Wildman–Crippen MR) is 106 cm³/mol. The van der Waals surface area contributed by atoms with E-state index >= 15 is 0 Å². The fraction of sp³-hybridized carbons (Fsp3) is 0.250. The third kappa shape index (κ3) is 3.80. The summed E-state index contributed by atoms with van der Waals surface area (Å²) in [6.07, 6.45) is -1.46. The average molecular weight is 404 g/mol. The number of alkyl halides is 3. The van der Waals surface area contributed by atoms with Gasteiger partial charge in [0.2, 0.25) is 0 Å². The summed E-state index contributed by atoms with van der Waals surface area (Å²) in [7, 11) is 1.93. The number of nitrogens with one attached hydrogen (secondary N) is 1. The van der Waals surface area contributed by atoms with Crippen LogP contribution in [0.1, 0.15) is 25.0 Å². The summed E-state index contributed by atoms with van der Waals surface area (Å²) in [6, 6.07) is 10.2. The van der Waals surface area contributed by atoms with E-state index in [1.807, 2.05) is 36.2 Å². The van der Waals surface area contributed by atoms with E-state index in [0.717, 1.165) is 29.1 Å². The van der Waals surface area contributed by atoms with Crippen molar-refractivity contribution in [1.82, 2.24) is 0 Å². The Morgan fingerprint density at radius 2 is 1.90 bits per heavy atom. The maximum absolute atomic E-state index is 12.8. The largest absolute Gasteiger partial charge is 0.416 e. The van der Waals surface area contributed by atoms with E-state index in [4.69, 9.17) is 0 Å². The Bertz CT molecular complexity index is 1010. The second kappa shape index (κ2) is 7.23. The van der Waals surface area contributed by atoms with E-state index in [0.29, 0.717) is 6.07 Å². The number of likely N-dealkylation sites (N-methyl/N-ethyl adjacent to an activating group) is 1. The zero-order chi connectivity index (χ0) is 21.4. The molecular weight excluding hydrogens is 385 g/mol. The Balaban J connectivity index is 1.83. The summed E-state index contributed by atoms with van der Waals surface area (Å²) in [4.78, 5) is 12.3. The van der Waals surface area contributed by atoms with E-state index in [9.17, 15) is 23.3 Å². The van der Waals surface area contributed by atoms with Gasteiger partial charge < -0.3 is 4.90 Å². The molecule has 6 nitrogen and oxygen atoms in total. The van der Waals surface area contributed by atoms with Crippen LogP contribution in [0.25, 0.3) is 0 Å². The fourth-order valence-corrected chi connectivity index (χ4v) is 3.47. The monoisotopic (exact) mass is 404 g/mol. The van der Waals surface area contributed by atoms with E-state index in [1.54, 1.807) is 6.08 Å². The van der Waals surface area contributed by atoms with Crippen molar-refractivity contribution in [2.45, 2.75) is 25.4 Å². The molecule has 0 aliphatic carbocycles. The smallest absolute Gasteiger partial charge is 0.347 e. The molecule has 0 bridgehead atoms. The second-order valence-corrected chi connectivity index (χ2v) is 7.13. The minimum absolute atomic E-state index is 0.125. The van der Waals surface area contributed by atoms with Crippen molar-refractivity contribution in [2.75, 3.05) is 17.4 Å². The Kier molecular flexibility index (Phi) is 5.08. The van der Waals surface area contributed by atoms with Crippen LogP contribution in [0.2, 0.25) is 0 Å². The molecule has 1 N–H and O–H groups in total. The topological polar surface area (TPSA) is 70.8 Å². The van der Waals surface area contributed by atoms with Crippen molar-refractivity contribution >= 4 is 23.3 Å². The van der Waals surface area contributed by atoms with Gasteiger partial charge in [0.1, 0.15) is 5.69 Å². The van der Waals surface area contributed by atoms with Crippen LogP contribution in [0.5, 0.6) is 0 Å². The number of benzene rings is 2. The molecule has 0 radical (unpaired) electrons. The van der Waals surface area contributed by atoms with Gasteiger partial charge >= 0.3 is 6.18 Å². The van der Waals surface area contributed by atoms with Gasteiger partial charge in [-0.05, 0) is 29.8 Å². The molecule has 9 heteroatoms.